The highest BCUT2D eigenvalue weighted by Crippen LogP contribution is 2.35. The number of hydrogen-bond donors (Lipinski definition) is 1. The number of methoxy groups -OCH3 is 1. The fourth-order valence-corrected chi connectivity index (χ4v) is 2.96. The molecule has 0 saturated heterocycles. The number of H-pyrrole nitrogens is 1. The molecular formula is C13H12BrN3O. The third kappa shape index (κ3) is 1.50. The van der Waals surface area contributed by atoms with Crippen molar-refractivity contribution in [1.29, 1.82) is 0 Å². The smallest absolute Gasteiger partial charge is 0.182 e. The minimum absolute atomic E-state index is 0.736. The second-order valence-electron chi connectivity index (χ2n) is 4.31. The third-order valence-corrected chi connectivity index (χ3v) is 3.94. The monoisotopic (exact) mass is 305 g/mol. The Morgan fingerprint density at radius 1 is 1.28 bits per heavy atom. The van der Waals surface area contributed by atoms with Gasteiger partial charge in [0.05, 0.1) is 18.0 Å². The standard InChI is InChI=1S/C13H12BrN3O/c1-6-4-8(18-3)5-9-11(14)10-7(2)16-17-13(10)15-12(6)9/h4-5H,1-3H3,(H,15,16,17). The average Bonchev–Trinajstić information content (AvgIpc) is 2.72. The molecule has 0 fully saturated rings. The van der Waals surface area contributed by atoms with Crippen LogP contribution in [0.2, 0.25) is 0 Å². The molecule has 0 atom stereocenters. The molecule has 0 bridgehead atoms. The lowest BCUT2D eigenvalue weighted by molar-refractivity contribution is 0.415. The molecule has 1 aromatic carbocycles. The van der Waals surface area contributed by atoms with Gasteiger partial charge in [0.15, 0.2) is 5.65 Å². The van der Waals surface area contributed by atoms with Gasteiger partial charge in [-0.3, -0.25) is 5.10 Å². The first-order valence-corrected chi connectivity index (χ1v) is 6.39. The van der Waals surface area contributed by atoms with Gasteiger partial charge in [-0.15, -0.1) is 0 Å². The van der Waals surface area contributed by atoms with Crippen LogP contribution >= 0.6 is 15.9 Å². The molecule has 0 unspecified atom stereocenters. The molecule has 1 N–H and O–H groups in total. The summed E-state index contributed by atoms with van der Waals surface area (Å²) in [5.74, 6) is 0.836. The van der Waals surface area contributed by atoms with E-state index in [2.05, 4.69) is 31.1 Å². The van der Waals surface area contributed by atoms with Crippen molar-refractivity contribution in [1.82, 2.24) is 15.2 Å². The Balaban J connectivity index is 2.53. The van der Waals surface area contributed by atoms with Crippen LogP contribution in [0.5, 0.6) is 5.75 Å². The van der Waals surface area contributed by atoms with Crippen LogP contribution < -0.4 is 4.74 Å². The van der Waals surface area contributed by atoms with E-state index < -0.39 is 0 Å². The number of hydrogen-bond acceptors (Lipinski definition) is 3. The van der Waals surface area contributed by atoms with Crippen LogP contribution in [0.15, 0.2) is 16.6 Å². The SMILES string of the molecule is COc1cc(C)c2nc3n[nH]c(C)c3c(Br)c2c1. The summed E-state index contributed by atoms with van der Waals surface area (Å²) in [7, 11) is 1.67. The Morgan fingerprint density at radius 3 is 2.78 bits per heavy atom. The number of nitrogens with zero attached hydrogens (tertiary/aromatic N) is 2. The molecule has 0 aliphatic carbocycles. The van der Waals surface area contributed by atoms with Crippen molar-refractivity contribution in [2.45, 2.75) is 13.8 Å². The predicted molar refractivity (Wildman–Crippen MR) is 75.1 cm³/mol. The van der Waals surface area contributed by atoms with Crippen molar-refractivity contribution < 1.29 is 4.74 Å². The lowest BCUT2D eigenvalue weighted by Crippen LogP contribution is -1.90. The number of pyridine rings is 1. The molecule has 3 rings (SSSR count). The van der Waals surface area contributed by atoms with E-state index in [1.165, 1.54) is 0 Å². The van der Waals surface area contributed by atoms with Gasteiger partial charge in [-0.25, -0.2) is 4.98 Å². The Labute approximate surface area is 112 Å². The number of benzene rings is 1. The molecular weight excluding hydrogens is 294 g/mol. The third-order valence-electron chi connectivity index (χ3n) is 3.11. The minimum atomic E-state index is 0.736. The molecule has 0 spiro atoms. The fourth-order valence-electron chi connectivity index (χ4n) is 2.18. The minimum Gasteiger partial charge on any atom is -0.497 e. The Hall–Kier alpha value is -1.62. The van der Waals surface area contributed by atoms with Gasteiger partial charge in [-0.1, -0.05) is 0 Å². The van der Waals surface area contributed by atoms with Crippen LogP contribution in [0.4, 0.5) is 0 Å². The first-order chi connectivity index (χ1) is 8.61. The molecule has 5 heteroatoms. The van der Waals surface area contributed by atoms with Crippen LogP contribution in [0, 0.1) is 13.8 Å². The highest BCUT2D eigenvalue weighted by atomic mass is 79.9. The van der Waals surface area contributed by atoms with Gasteiger partial charge < -0.3 is 4.74 Å². The summed E-state index contributed by atoms with van der Waals surface area (Å²) in [6.45, 7) is 4.01. The van der Waals surface area contributed by atoms with Crippen molar-refractivity contribution in [2.75, 3.05) is 7.11 Å². The zero-order chi connectivity index (χ0) is 12.9. The topological polar surface area (TPSA) is 50.8 Å². The number of nitrogens with one attached hydrogen (secondary N) is 1. The number of halogens is 1. The van der Waals surface area contributed by atoms with Gasteiger partial charge >= 0.3 is 0 Å². The van der Waals surface area contributed by atoms with Crippen molar-refractivity contribution >= 4 is 37.9 Å². The quantitative estimate of drug-likeness (QED) is 0.748. The zero-order valence-corrected chi connectivity index (χ0v) is 11.9. The second-order valence-corrected chi connectivity index (χ2v) is 5.11. The number of aromatic nitrogens is 3. The number of aryl methyl sites for hydroxylation is 2. The lowest BCUT2D eigenvalue weighted by atomic mass is 10.1. The summed E-state index contributed by atoms with van der Waals surface area (Å²) >= 11 is 3.65. The lowest BCUT2D eigenvalue weighted by Gasteiger charge is -2.08. The van der Waals surface area contributed by atoms with E-state index in [1.54, 1.807) is 7.11 Å². The molecule has 0 amide bonds. The van der Waals surface area contributed by atoms with Gasteiger partial charge in [0.2, 0.25) is 0 Å². The number of rotatable bonds is 1. The largest absolute Gasteiger partial charge is 0.497 e. The predicted octanol–water partition coefficient (Wildman–Crippen LogP) is 3.50. The van der Waals surface area contributed by atoms with Gasteiger partial charge in [0.25, 0.3) is 0 Å². The molecule has 3 aromatic rings. The van der Waals surface area contributed by atoms with E-state index in [0.717, 1.165) is 43.4 Å². The second kappa shape index (κ2) is 3.95. The highest BCUT2D eigenvalue weighted by molar-refractivity contribution is 9.10. The van der Waals surface area contributed by atoms with Gasteiger partial charge in [-0.05, 0) is 47.5 Å². The van der Waals surface area contributed by atoms with Crippen LogP contribution in [-0.4, -0.2) is 22.3 Å². The molecule has 0 radical (unpaired) electrons. The summed E-state index contributed by atoms with van der Waals surface area (Å²) < 4.78 is 6.32. The molecule has 0 aliphatic rings. The van der Waals surface area contributed by atoms with Gasteiger partial charge in [0.1, 0.15) is 5.75 Å². The van der Waals surface area contributed by atoms with Crippen LogP contribution in [-0.2, 0) is 0 Å². The van der Waals surface area contributed by atoms with E-state index >= 15 is 0 Å². The Bertz CT molecular complexity index is 764. The molecule has 4 nitrogen and oxygen atoms in total. The summed E-state index contributed by atoms with van der Waals surface area (Å²) in [6.07, 6.45) is 0. The summed E-state index contributed by atoms with van der Waals surface area (Å²) in [5.41, 5.74) is 3.76. The van der Waals surface area contributed by atoms with Crippen LogP contribution in [0.3, 0.4) is 0 Å². The first kappa shape index (κ1) is 11.5. The Morgan fingerprint density at radius 2 is 2.06 bits per heavy atom. The highest BCUT2D eigenvalue weighted by Gasteiger charge is 2.14. The zero-order valence-electron chi connectivity index (χ0n) is 10.3. The number of aromatic amines is 1. The molecule has 92 valence electrons. The molecule has 0 saturated carbocycles. The molecule has 2 heterocycles. The Kier molecular flexibility index (Phi) is 2.52. The molecule has 0 aliphatic heterocycles. The molecule has 2 aromatic heterocycles. The molecule has 18 heavy (non-hydrogen) atoms. The number of ether oxygens (including phenoxy) is 1. The normalized spacial score (nSPS) is 11.3. The summed E-state index contributed by atoms with van der Waals surface area (Å²) in [4.78, 5) is 4.61. The fraction of sp³-hybridized carbons (Fsp3) is 0.231. The van der Waals surface area contributed by atoms with Crippen LogP contribution in [0.1, 0.15) is 11.3 Å². The first-order valence-electron chi connectivity index (χ1n) is 5.60. The number of fused-ring (bicyclic) bond motifs is 2. The van der Waals surface area contributed by atoms with E-state index in [9.17, 15) is 0 Å². The van der Waals surface area contributed by atoms with Crippen molar-refractivity contribution in [3.63, 3.8) is 0 Å². The van der Waals surface area contributed by atoms with Crippen molar-refractivity contribution in [3.05, 3.63) is 27.9 Å². The van der Waals surface area contributed by atoms with Gasteiger partial charge in [-0.2, -0.15) is 5.10 Å². The maximum atomic E-state index is 5.31. The van der Waals surface area contributed by atoms with Crippen molar-refractivity contribution in [2.24, 2.45) is 0 Å². The maximum Gasteiger partial charge on any atom is 0.182 e. The van der Waals surface area contributed by atoms with E-state index in [0.29, 0.717) is 0 Å². The van der Waals surface area contributed by atoms with Crippen LogP contribution in [0.25, 0.3) is 21.9 Å². The van der Waals surface area contributed by atoms with E-state index in [1.807, 2.05) is 26.0 Å². The van der Waals surface area contributed by atoms with E-state index in [-0.39, 0.29) is 0 Å². The van der Waals surface area contributed by atoms with E-state index in [4.69, 9.17) is 4.74 Å². The maximum absolute atomic E-state index is 5.31. The summed E-state index contributed by atoms with van der Waals surface area (Å²) in [5, 5.41) is 9.25. The summed E-state index contributed by atoms with van der Waals surface area (Å²) in [6, 6.07) is 3.97. The van der Waals surface area contributed by atoms with Gasteiger partial charge in [0, 0.05) is 15.6 Å². The average molecular weight is 306 g/mol. The van der Waals surface area contributed by atoms with Crippen molar-refractivity contribution in [3.8, 4) is 5.75 Å².